The van der Waals surface area contributed by atoms with Crippen molar-refractivity contribution in [3.63, 3.8) is 0 Å². The lowest BCUT2D eigenvalue weighted by atomic mass is 10.1. The Morgan fingerprint density at radius 2 is 2.17 bits per heavy atom. The minimum absolute atomic E-state index is 0.173. The van der Waals surface area contributed by atoms with Gasteiger partial charge in [0.25, 0.3) is 0 Å². The Balaban J connectivity index is 1.71. The van der Waals surface area contributed by atoms with Crippen molar-refractivity contribution in [3.8, 4) is 17.1 Å². The first-order valence-electron chi connectivity index (χ1n) is 9.11. The van der Waals surface area contributed by atoms with E-state index >= 15 is 0 Å². The molecule has 1 amide bonds. The first-order chi connectivity index (χ1) is 14.0. The fourth-order valence-electron chi connectivity index (χ4n) is 2.80. The predicted octanol–water partition coefficient (Wildman–Crippen LogP) is 3.17. The molecule has 29 heavy (non-hydrogen) atoms. The quantitative estimate of drug-likeness (QED) is 0.486. The smallest absolute Gasteiger partial charge is 0.394 e. The third kappa shape index (κ3) is 4.88. The molecule has 3 aromatic rings. The Labute approximate surface area is 167 Å². The van der Waals surface area contributed by atoms with E-state index < -0.39 is 24.6 Å². The number of carbonyl (C=O) groups excluding carboxylic acids is 1. The zero-order valence-electron chi connectivity index (χ0n) is 16.1. The summed E-state index contributed by atoms with van der Waals surface area (Å²) in [5, 5.41) is 15.0. The molecule has 0 spiro atoms. The number of H-pyrrole nitrogens is 1. The molecule has 2 heterocycles. The molecule has 2 aromatic heterocycles. The number of aliphatic hydroxyl groups excluding tert-OH is 1. The van der Waals surface area contributed by atoms with Crippen LogP contribution in [0.15, 0.2) is 42.7 Å². The summed E-state index contributed by atoms with van der Waals surface area (Å²) in [6.07, 6.45) is 2.54. The van der Waals surface area contributed by atoms with E-state index in [2.05, 4.69) is 25.6 Å². The maximum absolute atomic E-state index is 13.9. The Kier molecular flexibility index (Phi) is 6.40. The molecule has 0 radical (unpaired) electrons. The molecular formula is C20H22FN5O3. The fourth-order valence-corrected chi connectivity index (χ4v) is 2.80. The van der Waals surface area contributed by atoms with Gasteiger partial charge in [0.15, 0.2) is 0 Å². The van der Waals surface area contributed by atoms with E-state index in [4.69, 9.17) is 4.74 Å². The molecule has 152 valence electrons. The number of rotatable bonds is 7. The molecule has 0 bridgehead atoms. The molecule has 1 atom stereocenters. The van der Waals surface area contributed by atoms with Crippen LogP contribution in [-0.2, 0) is 0 Å². The van der Waals surface area contributed by atoms with Crippen molar-refractivity contribution in [2.24, 2.45) is 0 Å². The van der Waals surface area contributed by atoms with Crippen LogP contribution in [0, 0.1) is 12.7 Å². The van der Waals surface area contributed by atoms with Crippen LogP contribution in [0.1, 0.15) is 24.1 Å². The second kappa shape index (κ2) is 9.16. The van der Waals surface area contributed by atoms with Crippen LogP contribution < -0.4 is 15.4 Å². The van der Waals surface area contributed by atoms with Crippen molar-refractivity contribution in [1.82, 2.24) is 20.3 Å². The Morgan fingerprint density at radius 3 is 2.90 bits per heavy atom. The molecule has 0 fully saturated rings. The van der Waals surface area contributed by atoms with E-state index in [1.807, 2.05) is 13.8 Å². The number of ether oxygens (including phenoxy) is 1. The fraction of sp³-hybridized carbons (Fsp3) is 0.250. The molecule has 3 rings (SSSR count). The first kappa shape index (κ1) is 20.3. The van der Waals surface area contributed by atoms with E-state index in [1.54, 1.807) is 24.5 Å². The highest BCUT2D eigenvalue weighted by Crippen LogP contribution is 2.25. The van der Waals surface area contributed by atoms with E-state index in [1.165, 1.54) is 18.2 Å². The topological polar surface area (TPSA) is 112 Å². The number of nitrogens with zero attached hydrogens (tertiary/aromatic N) is 2. The summed E-state index contributed by atoms with van der Waals surface area (Å²) >= 11 is 0. The SMILES string of the molecule is CCNc1ncc(C)c(-c2c[nH]c(OC(=O)NC(CO)c3ccccc3F)c2)n1. The Bertz CT molecular complexity index is 992. The van der Waals surface area contributed by atoms with Gasteiger partial charge >= 0.3 is 6.09 Å². The molecule has 0 aliphatic rings. The molecule has 1 unspecified atom stereocenters. The van der Waals surface area contributed by atoms with Gasteiger partial charge in [-0.15, -0.1) is 0 Å². The van der Waals surface area contributed by atoms with E-state index in [9.17, 15) is 14.3 Å². The van der Waals surface area contributed by atoms with Crippen LogP contribution in [0.4, 0.5) is 15.1 Å². The lowest BCUT2D eigenvalue weighted by Crippen LogP contribution is -2.33. The van der Waals surface area contributed by atoms with Gasteiger partial charge in [-0.1, -0.05) is 18.2 Å². The van der Waals surface area contributed by atoms with Gasteiger partial charge in [0, 0.05) is 36.1 Å². The molecule has 8 nitrogen and oxygen atoms in total. The summed E-state index contributed by atoms with van der Waals surface area (Å²) in [7, 11) is 0. The van der Waals surface area contributed by atoms with Gasteiger partial charge in [-0.25, -0.2) is 19.2 Å². The zero-order chi connectivity index (χ0) is 20.8. The molecule has 0 aliphatic carbocycles. The van der Waals surface area contributed by atoms with Crippen molar-refractivity contribution in [2.75, 3.05) is 18.5 Å². The zero-order valence-corrected chi connectivity index (χ0v) is 16.1. The summed E-state index contributed by atoms with van der Waals surface area (Å²) in [5.74, 6) is 0.167. The third-order valence-electron chi connectivity index (χ3n) is 4.19. The molecule has 9 heteroatoms. The minimum atomic E-state index is -0.926. The average molecular weight is 399 g/mol. The summed E-state index contributed by atoms with van der Waals surface area (Å²) in [4.78, 5) is 23.7. The highest BCUT2D eigenvalue weighted by atomic mass is 19.1. The summed E-state index contributed by atoms with van der Waals surface area (Å²) in [6, 6.07) is 6.60. The summed E-state index contributed by atoms with van der Waals surface area (Å²) in [5.41, 5.74) is 2.45. The number of amides is 1. The van der Waals surface area contributed by atoms with Crippen LogP contribution >= 0.6 is 0 Å². The average Bonchev–Trinajstić information content (AvgIpc) is 3.16. The number of anilines is 1. The number of aliphatic hydroxyl groups is 1. The molecule has 4 N–H and O–H groups in total. The van der Waals surface area contributed by atoms with Crippen molar-refractivity contribution >= 4 is 12.0 Å². The first-order valence-corrected chi connectivity index (χ1v) is 9.11. The monoisotopic (exact) mass is 399 g/mol. The lowest BCUT2D eigenvalue weighted by molar-refractivity contribution is 0.181. The Hall–Kier alpha value is -3.46. The highest BCUT2D eigenvalue weighted by molar-refractivity contribution is 5.72. The van der Waals surface area contributed by atoms with Crippen LogP contribution in [0.25, 0.3) is 11.3 Å². The second-order valence-corrected chi connectivity index (χ2v) is 6.30. The number of aryl methyl sites for hydroxylation is 1. The third-order valence-corrected chi connectivity index (χ3v) is 4.19. The standard InChI is InChI=1S/C20H22FN5O3/c1-3-22-19-24-9-12(2)18(26-19)13-8-17(23-10-13)29-20(28)25-16(11-27)14-6-4-5-7-15(14)21/h4-10,16,23,27H,3,11H2,1-2H3,(H,25,28)(H,22,24,26). The number of aromatic amines is 1. The molecule has 0 saturated heterocycles. The largest absolute Gasteiger partial charge is 0.414 e. The molecule has 0 aliphatic heterocycles. The number of halogens is 1. The van der Waals surface area contributed by atoms with E-state index in [-0.39, 0.29) is 11.4 Å². The number of nitrogens with one attached hydrogen (secondary N) is 3. The highest BCUT2D eigenvalue weighted by Gasteiger charge is 2.19. The second-order valence-electron chi connectivity index (χ2n) is 6.30. The van der Waals surface area contributed by atoms with Gasteiger partial charge in [0.1, 0.15) is 5.82 Å². The number of hydrogen-bond acceptors (Lipinski definition) is 6. The van der Waals surface area contributed by atoms with Crippen LogP contribution in [-0.4, -0.2) is 39.3 Å². The number of hydrogen-bond donors (Lipinski definition) is 4. The number of carbonyl (C=O) groups is 1. The summed E-state index contributed by atoms with van der Waals surface area (Å²) < 4.78 is 19.1. The van der Waals surface area contributed by atoms with Gasteiger partial charge in [-0.2, -0.15) is 0 Å². The van der Waals surface area contributed by atoms with Crippen LogP contribution in [0.5, 0.6) is 5.88 Å². The summed E-state index contributed by atoms with van der Waals surface area (Å²) in [6.45, 7) is 4.05. The van der Waals surface area contributed by atoms with Gasteiger partial charge in [0.2, 0.25) is 11.8 Å². The van der Waals surface area contributed by atoms with E-state index in [0.29, 0.717) is 18.2 Å². The van der Waals surface area contributed by atoms with Crippen molar-refractivity contribution in [1.29, 1.82) is 0 Å². The molecule has 1 aromatic carbocycles. The van der Waals surface area contributed by atoms with Crippen molar-refractivity contribution in [3.05, 3.63) is 59.7 Å². The van der Waals surface area contributed by atoms with Gasteiger partial charge in [0.05, 0.1) is 18.3 Å². The van der Waals surface area contributed by atoms with Gasteiger partial charge in [-0.05, 0) is 25.5 Å². The number of benzene rings is 1. The van der Waals surface area contributed by atoms with Crippen molar-refractivity contribution in [2.45, 2.75) is 19.9 Å². The van der Waals surface area contributed by atoms with Crippen LogP contribution in [0.2, 0.25) is 0 Å². The normalized spacial score (nSPS) is 11.7. The molecule has 0 saturated carbocycles. The Morgan fingerprint density at radius 1 is 1.38 bits per heavy atom. The van der Waals surface area contributed by atoms with Gasteiger partial charge in [-0.3, -0.25) is 0 Å². The lowest BCUT2D eigenvalue weighted by Gasteiger charge is -2.16. The minimum Gasteiger partial charge on any atom is -0.394 e. The number of aromatic nitrogens is 3. The maximum atomic E-state index is 13.9. The molecular weight excluding hydrogens is 377 g/mol. The maximum Gasteiger partial charge on any atom is 0.414 e. The van der Waals surface area contributed by atoms with Crippen LogP contribution in [0.3, 0.4) is 0 Å². The van der Waals surface area contributed by atoms with Gasteiger partial charge < -0.3 is 25.5 Å². The van der Waals surface area contributed by atoms with Crippen molar-refractivity contribution < 1.29 is 19.0 Å². The predicted molar refractivity (Wildman–Crippen MR) is 106 cm³/mol. The van der Waals surface area contributed by atoms with E-state index in [0.717, 1.165) is 11.1 Å².